The predicted molar refractivity (Wildman–Crippen MR) is 109 cm³/mol. The lowest BCUT2D eigenvalue weighted by Gasteiger charge is -2.43. The number of methoxy groups -OCH3 is 1. The number of hydrogen-bond donors (Lipinski definition) is 0. The van der Waals surface area contributed by atoms with Gasteiger partial charge >= 0.3 is 0 Å². The fourth-order valence-corrected chi connectivity index (χ4v) is 4.75. The number of amides is 1. The van der Waals surface area contributed by atoms with E-state index >= 15 is 0 Å². The Kier molecular flexibility index (Phi) is 5.86. The lowest BCUT2D eigenvalue weighted by atomic mass is 9.68. The largest absolute Gasteiger partial charge is 0.497 e. The maximum Gasteiger partial charge on any atom is 0.233 e. The van der Waals surface area contributed by atoms with Gasteiger partial charge in [-0.15, -0.1) is 0 Å². The third kappa shape index (κ3) is 3.88. The lowest BCUT2D eigenvalue weighted by molar-refractivity contribution is -0.146. The van der Waals surface area contributed by atoms with Crippen LogP contribution in [0.25, 0.3) is 0 Å². The van der Waals surface area contributed by atoms with Crippen molar-refractivity contribution in [3.63, 3.8) is 0 Å². The summed E-state index contributed by atoms with van der Waals surface area (Å²) >= 11 is 0. The number of benzene rings is 2. The summed E-state index contributed by atoms with van der Waals surface area (Å²) in [4.78, 5) is 15.7. The third-order valence-corrected chi connectivity index (χ3v) is 6.36. The molecule has 4 rings (SSSR count). The Hall–Kier alpha value is -2.40. The first kappa shape index (κ1) is 19.9. The zero-order valence-corrected chi connectivity index (χ0v) is 16.9. The highest BCUT2D eigenvalue weighted by Gasteiger charge is 2.44. The molecule has 0 radical (unpaired) electrons. The molecule has 2 aromatic rings. The third-order valence-electron chi connectivity index (χ3n) is 6.36. The van der Waals surface area contributed by atoms with Gasteiger partial charge in [-0.2, -0.15) is 0 Å². The number of morpholine rings is 1. The van der Waals surface area contributed by atoms with E-state index in [-0.39, 0.29) is 11.7 Å². The molecule has 4 nitrogen and oxygen atoms in total. The van der Waals surface area contributed by atoms with Gasteiger partial charge in [0.15, 0.2) is 0 Å². The Morgan fingerprint density at radius 1 is 1.10 bits per heavy atom. The average Bonchev–Trinajstić information content (AvgIpc) is 2.79. The van der Waals surface area contributed by atoms with E-state index in [0.29, 0.717) is 25.3 Å². The van der Waals surface area contributed by atoms with Crippen molar-refractivity contribution in [1.29, 1.82) is 0 Å². The normalized spacial score (nSPS) is 21.6. The smallest absolute Gasteiger partial charge is 0.233 e. The molecule has 2 aromatic carbocycles. The molecule has 1 aliphatic carbocycles. The maximum atomic E-state index is 14.3. The Morgan fingerprint density at radius 2 is 1.83 bits per heavy atom. The van der Waals surface area contributed by atoms with Gasteiger partial charge in [0.1, 0.15) is 17.7 Å². The van der Waals surface area contributed by atoms with Gasteiger partial charge in [-0.3, -0.25) is 4.79 Å². The van der Waals surface area contributed by atoms with Crippen molar-refractivity contribution in [3.8, 4) is 5.75 Å². The summed E-state index contributed by atoms with van der Waals surface area (Å²) in [7, 11) is 1.65. The molecule has 1 heterocycles. The SMILES string of the molecule is COc1ccc(C2(C(=O)N3CCOC(c4ccccc4F)C3)CCCCC2)cc1. The average molecular weight is 397 g/mol. The van der Waals surface area contributed by atoms with Gasteiger partial charge in [0, 0.05) is 12.1 Å². The van der Waals surface area contributed by atoms with Crippen LogP contribution in [0.1, 0.15) is 49.3 Å². The van der Waals surface area contributed by atoms with Crippen LogP contribution in [0.5, 0.6) is 5.75 Å². The standard InChI is InChI=1S/C24H28FNO3/c1-28-19-11-9-18(10-12-19)24(13-5-2-6-14-24)23(27)26-15-16-29-22(17-26)20-7-3-4-8-21(20)25/h3-4,7-12,22H,2,5-6,13-17H2,1H3. The molecule has 29 heavy (non-hydrogen) atoms. The van der Waals surface area contributed by atoms with Crippen LogP contribution in [-0.2, 0) is 14.9 Å². The summed E-state index contributed by atoms with van der Waals surface area (Å²) in [6.45, 7) is 1.35. The van der Waals surface area contributed by atoms with Crippen LogP contribution in [-0.4, -0.2) is 37.6 Å². The molecule has 1 aliphatic heterocycles. The van der Waals surface area contributed by atoms with E-state index < -0.39 is 11.5 Å². The number of rotatable bonds is 4. The van der Waals surface area contributed by atoms with E-state index in [9.17, 15) is 9.18 Å². The monoisotopic (exact) mass is 397 g/mol. The topological polar surface area (TPSA) is 38.8 Å². The van der Waals surface area contributed by atoms with Crippen molar-refractivity contribution in [2.24, 2.45) is 0 Å². The van der Waals surface area contributed by atoms with Gasteiger partial charge in [-0.25, -0.2) is 4.39 Å². The molecule has 0 aromatic heterocycles. The molecule has 5 heteroatoms. The first-order chi connectivity index (χ1) is 14.1. The molecular formula is C24H28FNO3. The van der Waals surface area contributed by atoms with E-state index in [1.165, 1.54) is 6.07 Å². The second kappa shape index (κ2) is 8.54. The second-order valence-corrected chi connectivity index (χ2v) is 8.00. The molecule has 1 amide bonds. The van der Waals surface area contributed by atoms with Crippen LogP contribution in [0, 0.1) is 5.82 Å². The van der Waals surface area contributed by atoms with Crippen molar-refractivity contribution in [3.05, 3.63) is 65.5 Å². The molecule has 1 atom stereocenters. The van der Waals surface area contributed by atoms with Crippen molar-refractivity contribution in [2.45, 2.75) is 43.6 Å². The second-order valence-electron chi connectivity index (χ2n) is 8.00. The summed E-state index contributed by atoms with van der Waals surface area (Å²) in [5.41, 5.74) is 1.06. The fourth-order valence-electron chi connectivity index (χ4n) is 4.75. The van der Waals surface area contributed by atoms with E-state index in [0.717, 1.165) is 43.4 Å². The summed E-state index contributed by atoms with van der Waals surface area (Å²) < 4.78 is 25.4. The minimum atomic E-state index is -0.512. The van der Waals surface area contributed by atoms with Crippen molar-refractivity contribution in [2.75, 3.05) is 26.8 Å². The highest BCUT2D eigenvalue weighted by atomic mass is 19.1. The van der Waals surface area contributed by atoms with Gasteiger partial charge in [-0.1, -0.05) is 49.6 Å². The zero-order valence-electron chi connectivity index (χ0n) is 16.9. The Bertz CT molecular complexity index is 845. The van der Waals surface area contributed by atoms with Crippen LogP contribution in [0.2, 0.25) is 0 Å². The van der Waals surface area contributed by atoms with Crippen LogP contribution < -0.4 is 4.74 Å². The van der Waals surface area contributed by atoms with Gasteiger partial charge in [0.25, 0.3) is 0 Å². The fraction of sp³-hybridized carbons (Fsp3) is 0.458. The molecule has 0 N–H and O–H groups in total. The van der Waals surface area contributed by atoms with Crippen LogP contribution in [0.3, 0.4) is 0 Å². The maximum absolute atomic E-state index is 14.3. The number of carbonyl (C=O) groups excluding carboxylic acids is 1. The van der Waals surface area contributed by atoms with E-state index in [1.54, 1.807) is 19.2 Å². The van der Waals surface area contributed by atoms with E-state index in [2.05, 4.69) is 0 Å². The van der Waals surface area contributed by atoms with E-state index in [1.807, 2.05) is 35.2 Å². The molecule has 0 bridgehead atoms. The number of carbonyl (C=O) groups is 1. The molecule has 0 spiro atoms. The quantitative estimate of drug-likeness (QED) is 0.755. The molecular weight excluding hydrogens is 369 g/mol. The first-order valence-corrected chi connectivity index (χ1v) is 10.4. The number of nitrogens with zero attached hydrogens (tertiary/aromatic N) is 1. The molecule has 154 valence electrons. The number of ether oxygens (including phenoxy) is 2. The molecule has 1 saturated carbocycles. The minimum absolute atomic E-state index is 0.145. The minimum Gasteiger partial charge on any atom is -0.497 e. The predicted octanol–water partition coefficient (Wildman–Crippen LogP) is 4.64. The molecule has 2 aliphatic rings. The van der Waals surface area contributed by atoms with Gasteiger partial charge in [0.05, 0.1) is 25.7 Å². The molecule has 1 unspecified atom stereocenters. The zero-order chi connectivity index (χ0) is 20.3. The highest BCUT2D eigenvalue weighted by Crippen LogP contribution is 2.42. The summed E-state index contributed by atoms with van der Waals surface area (Å²) in [5.74, 6) is 0.652. The Labute approximate surface area is 171 Å². The Balaban J connectivity index is 1.61. The highest BCUT2D eigenvalue weighted by molar-refractivity contribution is 5.88. The number of halogens is 1. The summed E-state index contributed by atoms with van der Waals surface area (Å²) in [5, 5.41) is 0. The number of hydrogen-bond acceptors (Lipinski definition) is 3. The molecule has 1 saturated heterocycles. The first-order valence-electron chi connectivity index (χ1n) is 10.4. The van der Waals surface area contributed by atoms with Crippen molar-refractivity contribution < 1.29 is 18.7 Å². The van der Waals surface area contributed by atoms with Crippen molar-refractivity contribution in [1.82, 2.24) is 4.90 Å². The van der Waals surface area contributed by atoms with Crippen LogP contribution in [0.15, 0.2) is 48.5 Å². The van der Waals surface area contributed by atoms with Gasteiger partial charge in [-0.05, 0) is 36.6 Å². The summed E-state index contributed by atoms with van der Waals surface area (Å²) in [6, 6.07) is 14.6. The Morgan fingerprint density at radius 3 is 2.52 bits per heavy atom. The van der Waals surface area contributed by atoms with Crippen LogP contribution in [0.4, 0.5) is 4.39 Å². The van der Waals surface area contributed by atoms with Gasteiger partial charge < -0.3 is 14.4 Å². The molecule has 2 fully saturated rings. The van der Waals surface area contributed by atoms with Crippen molar-refractivity contribution >= 4 is 5.91 Å². The summed E-state index contributed by atoms with van der Waals surface area (Å²) in [6.07, 6.45) is 4.51. The lowest BCUT2D eigenvalue weighted by Crippen LogP contribution is -2.52. The van der Waals surface area contributed by atoms with E-state index in [4.69, 9.17) is 9.47 Å². The van der Waals surface area contributed by atoms with Crippen LogP contribution >= 0.6 is 0 Å². The van der Waals surface area contributed by atoms with Gasteiger partial charge in [0.2, 0.25) is 5.91 Å².